The van der Waals surface area contributed by atoms with Crippen LogP contribution in [0.5, 0.6) is 0 Å². The van der Waals surface area contributed by atoms with Crippen LogP contribution in [0.3, 0.4) is 0 Å². The Balaban J connectivity index is 1.90. The summed E-state index contributed by atoms with van der Waals surface area (Å²) in [6.07, 6.45) is 0.654. The van der Waals surface area contributed by atoms with E-state index in [0.717, 1.165) is 5.56 Å². The molecule has 0 aliphatic rings. The van der Waals surface area contributed by atoms with E-state index in [4.69, 9.17) is 11.6 Å². The first-order chi connectivity index (χ1) is 9.16. The second-order valence-electron chi connectivity index (χ2n) is 4.12. The summed E-state index contributed by atoms with van der Waals surface area (Å²) in [7, 11) is 0. The summed E-state index contributed by atoms with van der Waals surface area (Å²) < 4.78 is 13.4. The lowest BCUT2D eigenvalue weighted by Gasteiger charge is -2.06. The predicted molar refractivity (Wildman–Crippen MR) is 73.9 cm³/mol. The number of hydrogen-bond acceptors (Lipinski definition) is 1. The highest BCUT2D eigenvalue weighted by Gasteiger charge is 2.09. The van der Waals surface area contributed by atoms with Crippen LogP contribution in [0.2, 0.25) is 5.02 Å². The van der Waals surface area contributed by atoms with Crippen molar-refractivity contribution in [3.63, 3.8) is 0 Å². The lowest BCUT2D eigenvalue weighted by molar-refractivity contribution is 0.0950. The van der Waals surface area contributed by atoms with Gasteiger partial charge in [-0.1, -0.05) is 35.9 Å². The molecule has 0 aromatic heterocycles. The van der Waals surface area contributed by atoms with Gasteiger partial charge in [0.2, 0.25) is 0 Å². The zero-order chi connectivity index (χ0) is 13.7. The zero-order valence-corrected chi connectivity index (χ0v) is 11.0. The fourth-order valence-corrected chi connectivity index (χ4v) is 1.97. The average molecular weight is 278 g/mol. The second-order valence-corrected chi connectivity index (χ2v) is 4.55. The monoisotopic (exact) mass is 277 g/mol. The Kier molecular flexibility index (Phi) is 4.53. The number of amides is 1. The van der Waals surface area contributed by atoms with Crippen molar-refractivity contribution in [1.29, 1.82) is 0 Å². The molecular formula is C15H13ClFNO. The molecule has 1 N–H and O–H groups in total. The van der Waals surface area contributed by atoms with Crippen LogP contribution >= 0.6 is 11.6 Å². The summed E-state index contributed by atoms with van der Waals surface area (Å²) in [6, 6.07) is 13.3. The number of carbonyl (C=O) groups is 1. The normalized spacial score (nSPS) is 10.2. The summed E-state index contributed by atoms with van der Waals surface area (Å²) in [5.74, 6) is -0.914. The van der Waals surface area contributed by atoms with Crippen LogP contribution in [0.25, 0.3) is 0 Å². The first-order valence-electron chi connectivity index (χ1n) is 5.94. The van der Waals surface area contributed by atoms with Crippen molar-refractivity contribution in [3.8, 4) is 0 Å². The molecule has 0 atom stereocenters. The van der Waals surface area contributed by atoms with Crippen LogP contribution in [0.1, 0.15) is 15.9 Å². The highest BCUT2D eigenvalue weighted by molar-refractivity contribution is 6.30. The van der Waals surface area contributed by atoms with E-state index in [-0.39, 0.29) is 5.56 Å². The molecule has 0 radical (unpaired) electrons. The standard InChI is InChI=1S/C15H13ClFNO/c16-12-5-3-4-11(10-12)8-9-18-15(19)13-6-1-2-7-14(13)17/h1-7,10H,8-9H2,(H,18,19). The smallest absolute Gasteiger partial charge is 0.254 e. The number of rotatable bonds is 4. The van der Waals surface area contributed by atoms with E-state index in [9.17, 15) is 9.18 Å². The number of halogens is 2. The fraction of sp³-hybridized carbons (Fsp3) is 0.133. The first-order valence-corrected chi connectivity index (χ1v) is 6.32. The van der Waals surface area contributed by atoms with Crippen LogP contribution in [-0.4, -0.2) is 12.5 Å². The maximum atomic E-state index is 13.4. The molecule has 98 valence electrons. The van der Waals surface area contributed by atoms with Crippen molar-refractivity contribution in [2.24, 2.45) is 0 Å². The molecule has 0 fully saturated rings. The maximum Gasteiger partial charge on any atom is 0.254 e. The molecule has 0 aliphatic heterocycles. The van der Waals surface area contributed by atoms with Crippen LogP contribution in [0.4, 0.5) is 4.39 Å². The Bertz CT molecular complexity index is 586. The molecule has 0 unspecified atom stereocenters. The maximum absolute atomic E-state index is 13.4. The van der Waals surface area contributed by atoms with Gasteiger partial charge in [-0.05, 0) is 36.2 Å². The number of hydrogen-bond donors (Lipinski definition) is 1. The van der Waals surface area contributed by atoms with Gasteiger partial charge in [0, 0.05) is 11.6 Å². The van der Waals surface area contributed by atoms with Crippen molar-refractivity contribution in [2.45, 2.75) is 6.42 Å². The van der Waals surface area contributed by atoms with E-state index < -0.39 is 11.7 Å². The highest BCUT2D eigenvalue weighted by atomic mass is 35.5. The molecule has 1 amide bonds. The van der Waals surface area contributed by atoms with Gasteiger partial charge in [0.05, 0.1) is 5.56 Å². The Hall–Kier alpha value is -1.87. The molecule has 19 heavy (non-hydrogen) atoms. The van der Waals surface area contributed by atoms with Crippen molar-refractivity contribution in [2.75, 3.05) is 6.54 Å². The van der Waals surface area contributed by atoms with Gasteiger partial charge in [0.15, 0.2) is 0 Å². The average Bonchev–Trinajstić information content (AvgIpc) is 2.39. The van der Waals surface area contributed by atoms with Gasteiger partial charge in [-0.3, -0.25) is 4.79 Å². The minimum absolute atomic E-state index is 0.0635. The number of nitrogens with one attached hydrogen (secondary N) is 1. The lowest BCUT2D eigenvalue weighted by atomic mass is 10.1. The van der Waals surface area contributed by atoms with E-state index in [0.29, 0.717) is 18.0 Å². The minimum Gasteiger partial charge on any atom is -0.352 e. The Morgan fingerprint density at radius 1 is 1.16 bits per heavy atom. The van der Waals surface area contributed by atoms with Gasteiger partial charge in [-0.25, -0.2) is 4.39 Å². The van der Waals surface area contributed by atoms with Gasteiger partial charge in [0.25, 0.3) is 5.91 Å². The quantitative estimate of drug-likeness (QED) is 0.911. The summed E-state index contributed by atoms with van der Waals surface area (Å²) in [4.78, 5) is 11.7. The van der Waals surface area contributed by atoms with Crippen molar-refractivity contribution in [3.05, 3.63) is 70.5 Å². The van der Waals surface area contributed by atoms with Gasteiger partial charge in [-0.15, -0.1) is 0 Å². The van der Waals surface area contributed by atoms with Gasteiger partial charge in [0.1, 0.15) is 5.82 Å². The SMILES string of the molecule is O=C(NCCc1cccc(Cl)c1)c1ccccc1F. The van der Waals surface area contributed by atoms with Gasteiger partial charge >= 0.3 is 0 Å². The van der Waals surface area contributed by atoms with E-state index in [1.807, 2.05) is 18.2 Å². The molecule has 2 aromatic rings. The molecule has 4 heteroatoms. The minimum atomic E-state index is -0.511. The molecule has 2 nitrogen and oxygen atoms in total. The largest absolute Gasteiger partial charge is 0.352 e. The molecular weight excluding hydrogens is 265 g/mol. The van der Waals surface area contributed by atoms with Gasteiger partial charge < -0.3 is 5.32 Å². The third kappa shape index (κ3) is 3.80. The Morgan fingerprint density at radius 2 is 1.95 bits per heavy atom. The first kappa shape index (κ1) is 13.6. The zero-order valence-electron chi connectivity index (χ0n) is 10.2. The van der Waals surface area contributed by atoms with E-state index in [2.05, 4.69) is 5.32 Å². The molecule has 0 spiro atoms. The van der Waals surface area contributed by atoms with Crippen LogP contribution in [0, 0.1) is 5.82 Å². The highest BCUT2D eigenvalue weighted by Crippen LogP contribution is 2.11. The third-order valence-electron chi connectivity index (χ3n) is 2.71. The summed E-state index contributed by atoms with van der Waals surface area (Å²) >= 11 is 5.87. The van der Waals surface area contributed by atoms with Gasteiger partial charge in [-0.2, -0.15) is 0 Å². The molecule has 0 bridgehead atoms. The summed E-state index contributed by atoms with van der Waals surface area (Å²) in [5.41, 5.74) is 1.09. The molecule has 0 saturated heterocycles. The van der Waals surface area contributed by atoms with Crippen LogP contribution in [-0.2, 0) is 6.42 Å². The summed E-state index contributed by atoms with van der Waals surface area (Å²) in [6.45, 7) is 0.438. The molecule has 0 heterocycles. The second kappa shape index (κ2) is 6.34. The number of benzene rings is 2. The summed E-state index contributed by atoms with van der Waals surface area (Å²) in [5, 5.41) is 3.35. The Morgan fingerprint density at radius 3 is 2.68 bits per heavy atom. The van der Waals surface area contributed by atoms with Crippen molar-refractivity contribution in [1.82, 2.24) is 5.32 Å². The molecule has 2 rings (SSSR count). The molecule has 0 aliphatic carbocycles. The van der Waals surface area contributed by atoms with Crippen molar-refractivity contribution >= 4 is 17.5 Å². The van der Waals surface area contributed by atoms with E-state index in [1.54, 1.807) is 18.2 Å². The fourth-order valence-electron chi connectivity index (χ4n) is 1.75. The number of carbonyl (C=O) groups excluding carboxylic acids is 1. The molecule has 0 saturated carbocycles. The lowest BCUT2D eigenvalue weighted by Crippen LogP contribution is -2.26. The van der Waals surface area contributed by atoms with E-state index in [1.165, 1.54) is 12.1 Å². The Labute approximate surface area is 116 Å². The topological polar surface area (TPSA) is 29.1 Å². The van der Waals surface area contributed by atoms with Crippen LogP contribution < -0.4 is 5.32 Å². The van der Waals surface area contributed by atoms with Crippen molar-refractivity contribution < 1.29 is 9.18 Å². The molecule has 2 aromatic carbocycles. The third-order valence-corrected chi connectivity index (χ3v) is 2.94. The van der Waals surface area contributed by atoms with Crippen LogP contribution in [0.15, 0.2) is 48.5 Å². The van der Waals surface area contributed by atoms with E-state index >= 15 is 0 Å². The predicted octanol–water partition coefficient (Wildman–Crippen LogP) is 3.45.